The third-order valence-electron chi connectivity index (χ3n) is 15.8. The van der Waals surface area contributed by atoms with Crippen molar-refractivity contribution in [3.05, 3.63) is 85.1 Å². The molecule has 0 aromatic carbocycles. The number of esters is 1. The maximum absolute atomic E-state index is 13.6. The van der Waals surface area contributed by atoms with E-state index in [1.807, 2.05) is 33.3 Å². The molecule has 3 atom stereocenters. The normalized spacial score (nSPS) is 14.0. The second kappa shape index (κ2) is 64.2. The summed E-state index contributed by atoms with van der Waals surface area (Å²) in [4.78, 5) is 40.2. The third-order valence-corrected chi connectivity index (χ3v) is 16.8. The van der Waals surface area contributed by atoms with E-state index in [2.05, 4.69) is 99.0 Å². The summed E-state index contributed by atoms with van der Waals surface area (Å²) < 4.78 is 30.4. The molecule has 0 heterocycles. The highest BCUT2D eigenvalue weighted by atomic mass is 31.2. The number of carbonyl (C=O) groups is 2. The molecule has 0 aliphatic rings. The zero-order valence-corrected chi connectivity index (χ0v) is 57.4. The number of hydrogen-bond donors (Lipinski definition) is 1. The van der Waals surface area contributed by atoms with Gasteiger partial charge in [-0.15, -0.1) is 0 Å². The van der Waals surface area contributed by atoms with Crippen molar-refractivity contribution >= 4 is 19.7 Å². The van der Waals surface area contributed by atoms with Crippen LogP contribution in [0.25, 0.3) is 0 Å². The lowest BCUT2D eigenvalue weighted by Gasteiger charge is -2.30. The van der Waals surface area contributed by atoms with Gasteiger partial charge >= 0.3 is 5.97 Å². The van der Waals surface area contributed by atoms with Gasteiger partial charge in [0.05, 0.1) is 33.8 Å². The molecule has 10 heteroatoms. The van der Waals surface area contributed by atoms with Crippen molar-refractivity contribution in [3.63, 3.8) is 0 Å². The van der Waals surface area contributed by atoms with Crippen LogP contribution in [0, 0.1) is 0 Å². The largest absolute Gasteiger partial charge is 0.756 e. The SMILES string of the molecule is CC/C=C\C/C=C\C/C=C\C/C=C\C/C=C\C/C=C\CCCCC(=O)NC(COP(=O)([O-])OCC[N+](C)(C)C)C(/C=C/CCCCCCCCCCCCC)OC(=O)CCCCCCCCCCCCCCCCCCCCCCCCCCC. The van der Waals surface area contributed by atoms with Crippen LogP contribution < -0.4 is 10.2 Å². The standard InChI is InChI=1S/C75H137N2O7P/c1-7-10-13-16-19-22-25-28-30-32-34-36-37-38-39-41-43-45-47-50-53-56-59-62-65-68-75(79)84-73(66-63-60-57-54-51-48-27-24-21-18-15-12-9-3)72(71-83-85(80,81)82-70-69-77(4,5)6)76-74(78)67-64-61-58-55-52-49-46-44-42-40-35-33-31-29-26-23-20-17-14-11-8-2/h11,14,20,23,29,31,35,40,44,46,52,55,63,66,72-73H,7-10,12-13,15-19,21-22,24-28,30,32-34,36-39,41-43,45,47-51,53-54,56-62,64-65,67-71H2,1-6H3,(H-,76,78,80,81)/b14-11-,23-20-,31-29-,40-35-,46-44-,55-52-,66-63+. The van der Waals surface area contributed by atoms with E-state index in [4.69, 9.17) is 13.8 Å². The molecule has 0 saturated heterocycles. The first-order chi connectivity index (χ1) is 41.4. The van der Waals surface area contributed by atoms with Crippen LogP contribution in [0.4, 0.5) is 0 Å². The van der Waals surface area contributed by atoms with Gasteiger partial charge in [-0.2, -0.15) is 0 Å². The minimum absolute atomic E-state index is 0.0328. The number of nitrogens with one attached hydrogen (secondary N) is 1. The highest BCUT2D eigenvalue weighted by Crippen LogP contribution is 2.38. The second-order valence-corrected chi connectivity index (χ2v) is 26.8. The average molecular weight is 1210 g/mol. The molecule has 85 heavy (non-hydrogen) atoms. The predicted molar refractivity (Wildman–Crippen MR) is 367 cm³/mol. The molecule has 9 nitrogen and oxygen atoms in total. The van der Waals surface area contributed by atoms with Crippen molar-refractivity contribution in [1.82, 2.24) is 5.32 Å². The van der Waals surface area contributed by atoms with E-state index < -0.39 is 26.6 Å². The number of amides is 1. The molecule has 0 rings (SSSR count). The van der Waals surface area contributed by atoms with Crippen molar-refractivity contribution in [2.45, 2.75) is 341 Å². The fraction of sp³-hybridized carbons (Fsp3) is 0.787. The first-order valence-corrected chi connectivity index (χ1v) is 37.4. The Morgan fingerprint density at radius 1 is 0.424 bits per heavy atom. The Bertz CT molecular complexity index is 1730. The summed E-state index contributed by atoms with van der Waals surface area (Å²) in [6, 6.07) is -0.915. The second-order valence-electron chi connectivity index (χ2n) is 25.4. The van der Waals surface area contributed by atoms with Crippen molar-refractivity contribution in [2.75, 3.05) is 40.9 Å². The molecule has 0 fully saturated rings. The van der Waals surface area contributed by atoms with Crippen molar-refractivity contribution in [3.8, 4) is 0 Å². The number of carbonyl (C=O) groups excluding carboxylic acids is 2. The number of unbranched alkanes of at least 4 members (excludes halogenated alkanes) is 37. The van der Waals surface area contributed by atoms with Gasteiger partial charge in [-0.1, -0.05) is 318 Å². The summed E-state index contributed by atoms with van der Waals surface area (Å²) >= 11 is 0. The van der Waals surface area contributed by atoms with Crippen LogP contribution >= 0.6 is 7.82 Å². The Kier molecular flexibility index (Phi) is 62.1. The van der Waals surface area contributed by atoms with Crippen LogP contribution in [0.5, 0.6) is 0 Å². The van der Waals surface area contributed by atoms with Crippen LogP contribution in [0.15, 0.2) is 85.1 Å². The number of phosphoric ester groups is 1. The number of rotatable bonds is 65. The van der Waals surface area contributed by atoms with E-state index in [0.717, 1.165) is 89.9 Å². The molecule has 3 unspecified atom stereocenters. The summed E-state index contributed by atoms with van der Waals surface area (Å²) in [6.45, 7) is 6.73. The smallest absolute Gasteiger partial charge is 0.306 e. The Balaban J connectivity index is 5.14. The van der Waals surface area contributed by atoms with Gasteiger partial charge in [0, 0.05) is 12.8 Å². The maximum atomic E-state index is 13.6. The van der Waals surface area contributed by atoms with Crippen molar-refractivity contribution in [1.29, 1.82) is 0 Å². The lowest BCUT2D eigenvalue weighted by molar-refractivity contribution is -0.870. The molecule has 494 valence electrons. The first-order valence-electron chi connectivity index (χ1n) is 35.9. The molecule has 0 aliphatic carbocycles. The van der Waals surface area contributed by atoms with Gasteiger partial charge in [0.15, 0.2) is 0 Å². The zero-order valence-electron chi connectivity index (χ0n) is 56.6. The number of allylic oxidation sites excluding steroid dienone is 13. The Hall–Kier alpha value is -2.81. The van der Waals surface area contributed by atoms with Crippen LogP contribution in [-0.4, -0.2) is 69.4 Å². The van der Waals surface area contributed by atoms with Gasteiger partial charge in [0.1, 0.15) is 19.3 Å². The van der Waals surface area contributed by atoms with Crippen LogP contribution in [0.2, 0.25) is 0 Å². The van der Waals surface area contributed by atoms with E-state index in [1.165, 1.54) is 199 Å². The number of nitrogens with zero attached hydrogens (tertiary/aromatic N) is 1. The van der Waals surface area contributed by atoms with E-state index in [1.54, 1.807) is 0 Å². The van der Waals surface area contributed by atoms with E-state index in [-0.39, 0.29) is 31.3 Å². The molecular formula is C75H137N2O7P. The molecule has 1 N–H and O–H groups in total. The predicted octanol–water partition coefficient (Wildman–Crippen LogP) is 22.3. The highest BCUT2D eigenvalue weighted by molar-refractivity contribution is 7.45. The monoisotopic (exact) mass is 1210 g/mol. The summed E-state index contributed by atoms with van der Waals surface area (Å²) in [7, 11) is 1.16. The lowest BCUT2D eigenvalue weighted by Crippen LogP contribution is -2.47. The number of likely N-dealkylation sites (N-methyl/N-ethyl adjacent to an activating group) is 1. The van der Waals surface area contributed by atoms with E-state index in [9.17, 15) is 19.0 Å². The summed E-state index contributed by atoms with van der Waals surface area (Å²) in [6.07, 6.45) is 85.8. The molecule has 0 saturated carbocycles. The topological polar surface area (TPSA) is 114 Å². The van der Waals surface area contributed by atoms with Gasteiger partial charge in [-0.05, 0) is 83.1 Å². The molecular weight excluding hydrogens is 1070 g/mol. The number of phosphoric acid groups is 1. The Morgan fingerprint density at radius 2 is 0.753 bits per heavy atom. The van der Waals surface area contributed by atoms with Gasteiger partial charge in [-0.3, -0.25) is 14.2 Å². The summed E-state index contributed by atoms with van der Waals surface area (Å²) in [5.74, 6) is -0.582. The highest BCUT2D eigenvalue weighted by Gasteiger charge is 2.27. The number of ether oxygens (including phenoxy) is 1. The van der Waals surface area contributed by atoms with Crippen molar-refractivity contribution in [2.24, 2.45) is 0 Å². The average Bonchev–Trinajstić information content (AvgIpc) is 3.50. The number of quaternary nitrogens is 1. The minimum Gasteiger partial charge on any atom is -0.756 e. The molecule has 0 bridgehead atoms. The fourth-order valence-corrected chi connectivity index (χ4v) is 11.1. The van der Waals surface area contributed by atoms with Crippen molar-refractivity contribution < 1.29 is 37.3 Å². The van der Waals surface area contributed by atoms with Crippen LogP contribution in [-0.2, 0) is 27.9 Å². The molecule has 0 radical (unpaired) electrons. The zero-order chi connectivity index (χ0) is 62.1. The van der Waals surface area contributed by atoms with Crippen LogP contribution in [0.3, 0.4) is 0 Å². The molecule has 0 aromatic rings. The third kappa shape index (κ3) is 65.5. The molecule has 0 aromatic heterocycles. The molecule has 0 aliphatic heterocycles. The summed E-state index contributed by atoms with van der Waals surface area (Å²) in [5, 5.41) is 3.02. The minimum atomic E-state index is -4.72. The number of hydrogen-bond acceptors (Lipinski definition) is 7. The maximum Gasteiger partial charge on any atom is 0.306 e. The quantitative estimate of drug-likeness (QED) is 0.0212. The fourth-order valence-electron chi connectivity index (χ4n) is 10.4. The molecule has 0 spiro atoms. The lowest BCUT2D eigenvalue weighted by atomic mass is 10.0. The summed E-state index contributed by atoms with van der Waals surface area (Å²) in [5.41, 5.74) is 0. The van der Waals surface area contributed by atoms with E-state index >= 15 is 0 Å². The molecule has 1 amide bonds. The van der Waals surface area contributed by atoms with E-state index in [0.29, 0.717) is 17.4 Å². The first kappa shape index (κ1) is 82.2. The Labute approximate surface area is 526 Å². The Morgan fingerprint density at radius 3 is 1.14 bits per heavy atom. The van der Waals surface area contributed by atoms with Crippen LogP contribution in [0.1, 0.15) is 329 Å². The van der Waals surface area contributed by atoms with Gasteiger partial charge in [-0.25, -0.2) is 0 Å². The van der Waals surface area contributed by atoms with Gasteiger partial charge in [0.2, 0.25) is 5.91 Å². The van der Waals surface area contributed by atoms with Gasteiger partial charge < -0.3 is 28.5 Å². The van der Waals surface area contributed by atoms with Gasteiger partial charge in [0.25, 0.3) is 7.82 Å².